The SMILES string of the molecule is CC(C)(C)NC(=O)C(c1ccc(Cl)cc1)N(C(=O)c1snc(C(N)=O)c1N)c1ccc(Cl)cc1.Cl. The first-order valence-corrected chi connectivity index (χ1v) is 11.6. The molecule has 0 aliphatic heterocycles. The van der Waals surface area contributed by atoms with Crippen molar-refractivity contribution in [2.75, 3.05) is 10.6 Å². The molecule has 1 unspecified atom stereocenters. The van der Waals surface area contributed by atoms with Crippen molar-refractivity contribution in [1.29, 1.82) is 0 Å². The Bertz CT molecular complexity index is 1220. The number of hydrogen-bond acceptors (Lipinski definition) is 6. The highest BCUT2D eigenvalue weighted by molar-refractivity contribution is 7.09. The third kappa shape index (κ3) is 6.64. The van der Waals surface area contributed by atoms with E-state index in [2.05, 4.69) is 9.69 Å². The summed E-state index contributed by atoms with van der Waals surface area (Å²) < 4.78 is 3.93. The Kier molecular flexibility index (Phi) is 9.13. The predicted molar refractivity (Wildman–Crippen MR) is 143 cm³/mol. The molecule has 8 nitrogen and oxygen atoms in total. The number of rotatable bonds is 6. The van der Waals surface area contributed by atoms with Gasteiger partial charge < -0.3 is 16.8 Å². The van der Waals surface area contributed by atoms with Gasteiger partial charge in [-0.05, 0) is 74.3 Å². The van der Waals surface area contributed by atoms with E-state index < -0.39 is 29.3 Å². The molecule has 1 heterocycles. The van der Waals surface area contributed by atoms with Crippen LogP contribution in [0.1, 0.15) is 52.5 Å². The Morgan fingerprint density at radius 2 is 1.51 bits per heavy atom. The van der Waals surface area contributed by atoms with Crippen LogP contribution in [0, 0.1) is 0 Å². The summed E-state index contributed by atoms with van der Waals surface area (Å²) in [6.07, 6.45) is 0. The summed E-state index contributed by atoms with van der Waals surface area (Å²) in [5, 5.41) is 3.85. The molecule has 12 heteroatoms. The summed E-state index contributed by atoms with van der Waals surface area (Å²) in [5.74, 6) is -1.92. The van der Waals surface area contributed by atoms with E-state index in [-0.39, 0.29) is 28.7 Å². The van der Waals surface area contributed by atoms with Crippen LogP contribution in [0.15, 0.2) is 48.5 Å². The van der Waals surface area contributed by atoms with Crippen LogP contribution in [-0.4, -0.2) is 27.6 Å². The van der Waals surface area contributed by atoms with Crippen LogP contribution in [0.4, 0.5) is 11.4 Å². The molecule has 186 valence electrons. The first-order chi connectivity index (χ1) is 15.9. The number of nitrogens with zero attached hydrogens (tertiary/aromatic N) is 2. The second-order valence-electron chi connectivity index (χ2n) is 8.48. The van der Waals surface area contributed by atoms with E-state index in [1.807, 2.05) is 20.8 Å². The maximum atomic E-state index is 13.9. The minimum atomic E-state index is -1.11. The molecule has 35 heavy (non-hydrogen) atoms. The Morgan fingerprint density at radius 1 is 1.00 bits per heavy atom. The Labute approximate surface area is 223 Å². The lowest BCUT2D eigenvalue weighted by Gasteiger charge is -2.33. The molecule has 0 spiro atoms. The van der Waals surface area contributed by atoms with Crippen LogP contribution in [-0.2, 0) is 4.79 Å². The van der Waals surface area contributed by atoms with E-state index in [9.17, 15) is 14.4 Å². The van der Waals surface area contributed by atoms with Crippen LogP contribution in [0.3, 0.4) is 0 Å². The van der Waals surface area contributed by atoms with Gasteiger partial charge in [0.1, 0.15) is 10.9 Å². The second kappa shape index (κ2) is 11.3. The minimum absolute atomic E-state index is 0. The summed E-state index contributed by atoms with van der Waals surface area (Å²) in [5.41, 5.74) is 11.3. The second-order valence-corrected chi connectivity index (χ2v) is 10.1. The fraction of sp³-hybridized carbons (Fsp3) is 0.217. The Morgan fingerprint density at radius 3 is 1.97 bits per heavy atom. The quantitative estimate of drug-likeness (QED) is 0.399. The lowest BCUT2D eigenvalue weighted by molar-refractivity contribution is -0.123. The van der Waals surface area contributed by atoms with Crippen LogP contribution >= 0.6 is 47.1 Å². The van der Waals surface area contributed by atoms with Gasteiger partial charge >= 0.3 is 0 Å². The van der Waals surface area contributed by atoms with Crippen molar-refractivity contribution in [2.45, 2.75) is 32.4 Å². The predicted octanol–water partition coefficient (Wildman–Crippen LogP) is 4.86. The van der Waals surface area contributed by atoms with Gasteiger partial charge in [0, 0.05) is 21.3 Å². The van der Waals surface area contributed by atoms with E-state index in [0.717, 1.165) is 11.5 Å². The van der Waals surface area contributed by atoms with Gasteiger partial charge in [0.05, 0.1) is 5.69 Å². The van der Waals surface area contributed by atoms with Crippen molar-refractivity contribution < 1.29 is 14.4 Å². The third-order valence-corrected chi connectivity index (χ3v) is 6.02. The highest BCUT2D eigenvalue weighted by atomic mass is 35.5. The number of nitrogens with one attached hydrogen (secondary N) is 1. The summed E-state index contributed by atoms with van der Waals surface area (Å²) in [7, 11) is 0. The molecule has 3 amide bonds. The van der Waals surface area contributed by atoms with Gasteiger partial charge in [0.2, 0.25) is 5.91 Å². The zero-order valence-electron chi connectivity index (χ0n) is 19.0. The van der Waals surface area contributed by atoms with Crippen molar-refractivity contribution in [1.82, 2.24) is 9.69 Å². The molecular formula is C23H24Cl3N5O3S. The number of nitrogens with two attached hydrogens (primary N) is 2. The highest BCUT2D eigenvalue weighted by Crippen LogP contribution is 2.34. The minimum Gasteiger partial charge on any atom is -0.395 e. The normalized spacial score (nSPS) is 11.8. The largest absolute Gasteiger partial charge is 0.395 e. The van der Waals surface area contributed by atoms with Crippen LogP contribution in [0.25, 0.3) is 0 Å². The molecule has 0 radical (unpaired) electrons. The van der Waals surface area contributed by atoms with Crippen LogP contribution in [0.2, 0.25) is 10.0 Å². The van der Waals surface area contributed by atoms with E-state index in [1.54, 1.807) is 48.5 Å². The summed E-state index contributed by atoms with van der Waals surface area (Å²) in [4.78, 5) is 40.4. The van der Waals surface area contributed by atoms with Crippen molar-refractivity contribution >= 4 is 76.2 Å². The van der Waals surface area contributed by atoms with Gasteiger partial charge in [0.15, 0.2) is 5.69 Å². The van der Waals surface area contributed by atoms with Crippen molar-refractivity contribution in [2.24, 2.45) is 5.73 Å². The molecular weight excluding hydrogens is 533 g/mol. The fourth-order valence-electron chi connectivity index (χ4n) is 3.22. The number of aromatic nitrogens is 1. The number of carbonyl (C=O) groups is 3. The van der Waals surface area contributed by atoms with E-state index in [4.69, 9.17) is 34.7 Å². The number of anilines is 2. The topological polar surface area (TPSA) is 131 Å². The zero-order valence-corrected chi connectivity index (χ0v) is 22.2. The lowest BCUT2D eigenvalue weighted by Crippen LogP contribution is -2.49. The number of nitrogen functional groups attached to an aromatic ring is 1. The number of amides is 3. The molecule has 1 aromatic heterocycles. The Balaban J connectivity index is 0.00000432. The van der Waals surface area contributed by atoms with Crippen LogP contribution in [0.5, 0.6) is 0 Å². The van der Waals surface area contributed by atoms with E-state index in [1.165, 1.54) is 4.90 Å². The monoisotopic (exact) mass is 555 g/mol. The summed E-state index contributed by atoms with van der Waals surface area (Å²) in [6, 6.07) is 11.9. The standard InChI is InChI=1S/C23H23Cl2N5O3S.ClH/c1-23(2,3)28-21(32)18(12-4-6-13(24)7-5-12)30(15-10-8-14(25)9-11-15)22(33)19-16(26)17(20(27)31)29-34-19;/h4-11,18H,26H2,1-3H3,(H2,27,31)(H,28,32);1H. The smallest absolute Gasteiger partial charge is 0.273 e. The fourth-order valence-corrected chi connectivity index (χ4v) is 4.22. The van der Waals surface area contributed by atoms with Gasteiger partial charge in [-0.15, -0.1) is 12.4 Å². The molecule has 0 saturated carbocycles. The van der Waals surface area contributed by atoms with Crippen molar-refractivity contribution in [3.05, 3.63) is 74.7 Å². The molecule has 0 saturated heterocycles. The molecule has 0 bridgehead atoms. The van der Waals surface area contributed by atoms with Crippen molar-refractivity contribution in [3.8, 4) is 0 Å². The maximum absolute atomic E-state index is 13.9. The van der Waals surface area contributed by atoms with Gasteiger partial charge in [0.25, 0.3) is 11.8 Å². The first kappa shape index (κ1) is 28.4. The first-order valence-electron chi connectivity index (χ1n) is 10.1. The lowest BCUT2D eigenvalue weighted by atomic mass is 10.0. The number of primary amides is 1. The average Bonchev–Trinajstić information content (AvgIpc) is 3.13. The number of halogens is 3. The molecule has 3 aromatic rings. The molecule has 1 atom stereocenters. The number of benzene rings is 2. The van der Waals surface area contributed by atoms with E-state index in [0.29, 0.717) is 21.3 Å². The number of carbonyl (C=O) groups excluding carboxylic acids is 3. The zero-order chi connectivity index (χ0) is 25.2. The molecule has 5 N–H and O–H groups in total. The molecule has 0 aliphatic carbocycles. The van der Waals surface area contributed by atoms with Gasteiger partial charge in [-0.25, -0.2) is 0 Å². The van der Waals surface area contributed by atoms with Gasteiger partial charge in [-0.1, -0.05) is 35.3 Å². The van der Waals surface area contributed by atoms with Gasteiger partial charge in [-0.3, -0.25) is 19.3 Å². The molecule has 0 aliphatic rings. The number of hydrogen-bond donors (Lipinski definition) is 3. The highest BCUT2D eigenvalue weighted by Gasteiger charge is 2.37. The Hall–Kier alpha value is -2.85. The summed E-state index contributed by atoms with van der Waals surface area (Å²) in [6.45, 7) is 5.50. The van der Waals surface area contributed by atoms with Crippen LogP contribution < -0.4 is 21.7 Å². The van der Waals surface area contributed by atoms with Gasteiger partial charge in [-0.2, -0.15) is 4.37 Å². The maximum Gasteiger partial charge on any atom is 0.273 e. The molecule has 2 aromatic carbocycles. The van der Waals surface area contributed by atoms with E-state index >= 15 is 0 Å². The summed E-state index contributed by atoms with van der Waals surface area (Å²) >= 11 is 12.9. The third-order valence-electron chi connectivity index (χ3n) is 4.67. The molecule has 3 rings (SSSR count). The van der Waals surface area contributed by atoms with Crippen molar-refractivity contribution in [3.63, 3.8) is 0 Å². The average molecular weight is 557 g/mol. The molecule has 0 fully saturated rings.